The van der Waals surface area contributed by atoms with Crippen molar-refractivity contribution in [2.24, 2.45) is 7.05 Å². The summed E-state index contributed by atoms with van der Waals surface area (Å²) in [5, 5.41) is 10.1. The van der Waals surface area contributed by atoms with Crippen LogP contribution in [0.1, 0.15) is 58.2 Å². The number of esters is 1. The Morgan fingerprint density at radius 1 is 1.02 bits per heavy atom. The molecule has 0 N–H and O–H groups in total. The van der Waals surface area contributed by atoms with Gasteiger partial charge in [-0.1, -0.05) is 24.3 Å². The minimum atomic E-state index is -0.252. The van der Waals surface area contributed by atoms with E-state index in [1.807, 2.05) is 36.4 Å². The summed E-state index contributed by atoms with van der Waals surface area (Å²) in [5.41, 5.74) is 9.79. The first-order valence-electron chi connectivity index (χ1n) is 14.1. The van der Waals surface area contributed by atoms with Gasteiger partial charge in [0.15, 0.2) is 0 Å². The Bertz CT molecular complexity index is 1810. The van der Waals surface area contributed by atoms with Crippen molar-refractivity contribution in [3.8, 4) is 39.8 Å². The number of hydrogen-bond acceptors (Lipinski definition) is 6. The van der Waals surface area contributed by atoms with Crippen LogP contribution < -0.4 is 15.0 Å². The summed E-state index contributed by atoms with van der Waals surface area (Å²) < 4.78 is 18.8. The Morgan fingerprint density at radius 2 is 1.79 bits per heavy atom. The number of aromatic nitrogens is 1. The Morgan fingerprint density at radius 3 is 2.50 bits per heavy atom. The zero-order valence-corrected chi connectivity index (χ0v) is 24.2. The SMILES string of the molecule is COC(=O)C[C@@H]1COc2cc(O[C@@H]3CCc4c3ccc(C#N)c4-c3c(C)cc(-c4ccn(C)c(=O)c4)cc3C)ccc21. The van der Waals surface area contributed by atoms with Crippen molar-refractivity contribution in [3.63, 3.8) is 0 Å². The van der Waals surface area contributed by atoms with E-state index in [0.717, 1.165) is 68.7 Å². The topological polar surface area (TPSA) is 90.6 Å². The molecule has 0 saturated heterocycles. The quantitative estimate of drug-likeness (QED) is 0.257. The van der Waals surface area contributed by atoms with Crippen LogP contribution in [0.15, 0.2) is 65.6 Å². The van der Waals surface area contributed by atoms with Crippen LogP contribution in [0.25, 0.3) is 22.3 Å². The normalized spacial score (nSPS) is 16.7. The minimum Gasteiger partial charge on any atom is -0.492 e. The highest BCUT2D eigenvalue weighted by Gasteiger charge is 2.31. The van der Waals surface area contributed by atoms with Gasteiger partial charge in [0.25, 0.3) is 5.56 Å². The molecule has 7 nitrogen and oxygen atoms in total. The van der Waals surface area contributed by atoms with Crippen molar-refractivity contribution in [1.29, 1.82) is 5.26 Å². The molecule has 3 aromatic carbocycles. The number of hydrogen-bond donors (Lipinski definition) is 0. The molecule has 0 saturated carbocycles. The van der Waals surface area contributed by atoms with Crippen molar-refractivity contribution >= 4 is 5.97 Å². The zero-order valence-electron chi connectivity index (χ0n) is 24.2. The molecule has 4 aromatic rings. The number of carbonyl (C=O) groups is 1. The molecular formula is C35H32N2O5. The highest BCUT2D eigenvalue weighted by molar-refractivity contribution is 5.83. The molecule has 212 valence electrons. The second-order valence-electron chi connectivity index (χ2n) is 11.2. The predicted octanol–water partition coefficient (Wildman–Crippen LogP) is 6.31. The van der Waals surface area contributed by atoms with Gasteiger partial charge in [-0.25, -0.2) is 0 Å². The highest BCUT2D eigenvalue weighted by Crippen LogP contribution is 2.45. The smallest absolute Gasteiger partial charge is 0.306 e. The monoisotopic (exact) mass is 560 g/mol. The van der Waals surface area contributed by atoms with Crippen molar-refractivity contribution in [2.75, 3.05) is 13.7 Å². The molecular weight excluding hydrogens is 528 g/mol. The van der Waals surface area contributed by atoms with Crippen LogP contribution in [0.2, 0.25) is 0 Å². The second kappa shape index (κ2) is 10.9. The molecule has 0 unspecified atom stereocenters. The van der Waals surface area contributed by atoms with E-state index < -0.39 is 0 Å². The van der Waals surface area contributed by atoms with Gasteiger partial charge in [0.05, 0.1) is 31.8 Å². The number of fused-ring (bicyclic) bond motifs is 2. The largest absolute Gasteiger partial charge is 0.492 e. The van der Waals surface area contributed by atoms with E-state index in [4.69, 9.17) is 14.2 Å². The van der Waals surface area contributed by atoms with Gasteiger partial charge in [-0.05, 0) is 83.8 Å². The molecule has 1 aliphatic heterocycles. The number of pyridine rings is 1. The summed E-state index contributed by atoms with van der Waals surface area (Å²) in [4.78, 5) is 24.0. The van der Waals surface area contributed by atoms with Gasteiger partial charge in [-0.3, -0.25) is 9.59 Å². The Balaban J connectivity index is 1.32. The average molecular weight is 561 g/mol. The Hall–Kier alpha value is -4.83. The van der Waals surface area contributed by atoms with E-state index in [9.17, 15) is 14.9 Å². The number of benzene rings is 3. The molecule has 2 aliphatic rings. The van der Waals surface area contributed by atoms with E-state index in [0.29, 0.717) is 17.9 Å². The third-order valence-electron chi connectivity index (χ3n) is 8.48. The molecule has 0 amide bonds. The average Bonchev–Trinajstić information content (AvgIpc) is 3.57. The van der Waals surface area contributed by atoms with E-state index in [-0.39, 0.29) is 30.0 Å². The molecule has 7 heteroatoms. The Labute approximate surface area is 244 Å². The number of ether oxygens (including phenoxy) is 3. The zero-order chi connectivity index (χ0) is 29.5. The maximum Gasteiger partial charge on any atom is 0.306 e. The van der Waals surface area contributed by atoms with Gasteiger partial charge >= 0.3 is 5.97 Å². The first-order valence-corrected chi connectivity index (χ1v) is 14.1. The van der Waals surface area contributed by atoms with Crippen LogP contribution in [0, 0.1) is 25.2 Å². The van der Waals surface area contributed by atoms with Gasteiger partial charge < -0.3 is 18.8 Å². The van der Waals surface area contributed by atoms with Crippen LogP contribution in [0.4, 0.5) is 0 Å². The van der Waals surface area contributed by atoms with Crippen molar-refractivity contribution in [2.45, 2.75) is 45.1 Å². The molecule has 0 radical (unpaired) electrons. The van der Waals surface area contributed by atoms with Crippen LogP contribution >= 0.6 is 0 Å². The summed E-state index contributed by atoms with van der Waals surface area (Å²) in [7, 11) is 3.14. The molecule has 6 rings (SSSR count). The third kappa shape index (κ3) is 4.83. The predicted molar refractivity (Wildman–Crippen MR) is 160 cm³/mol. The molecule has 0 bridgehead atoms. The standard InChI is InChI=1S/C35H32N2O5/c1-20-13-24(22-11-12-37(3)32(38)15-22)14-21(2)34(20)35-23(18-36)5-7-28-29(35)9-10-30(28)42-26-6-8-27-25(16-33(39)40-4)19-41-31(27)17-26/h5-8,11-15,17,25,30H,9-10,16,19H2,1-4H3/t25-,30-/m1/s1. The molecule has 1 aromatic heterocycles. The summed E-state index contributed by atoms with van der Waals surface area (Å²) in [6.07, 6.45) is 3.50. The van der Waals surface area contributed by atoms with Crippen LogP contribution in [-0.4, -0.2) is 24.3 Å². The van der Waals surface area contributed by atoms with Crippen molar-refractivity contribution in [3.05, 3.63) is 105 Å². The lowest BCUT2D eigenvalue weighted by Crippen LogP contribution is -2.14. The molecule has 0 fully saturated rings. The van der Waals surface area contributed by atoms with E-state index in [1.165, 1.54) is 7.11 Å². The number of rotatable bonds is 6. The van der Waals surface area contributed by atoms with E-state index in [2.05, 4.69) is 32.0 Å². The maximum atomic E-state index is 12.3. The van der Waals surface area contributed by atoms with Crippen LogP contribution in [0.5, 0.6) is 11.5 Å². The first-order chi connectivity index (χ1) is 20.3. The summed E-state index contributed by atoms with van der Waals surface area (Å²) in [6.45, 7) is 4.57. The van der Waals surface area contributed by atoms with Gasteiger partial charge in [-0.2, -0.15) is 5.26 Å². The fraction of sp³-hybridized carbons (Fsp3) is 0.286. The van der Waals surface area contributed by atoms with Gasteiger partial charge in [0.1, 0.15) is 17.6 Å². The molecule has 2 atom stereocenters. The lowest BCUT2D eigenvalue weighted by Gasteiger charge is -2.19. The maximum absolute atomic E-state index is 12.3. The number of aryl methyl sites for hydroxylation is 3. The number of nitrogens with zero attached hydrogens (tertiary/aromatic N) is 2. The molecule has 2 heterocycles. The minimum absolute atomic E-state index is 0.0224. The van der Waals surface area contributed by atoms with Gasteiger partial charge in [0, 0.05) is 42.4 Å². The second-order valence-corrected chi connectivity index (χ2v) is 11.2. The molecule has 0 spiro atoms. The van der Waals surface area contributed by atoms with Crippen LogP contribution in [-0.2, 0) is 23.0 Å². The fourth-order valence-corrected chi connectivity index (χ4v) is 6.37. The summed E-state index contributed by atoms with van der Waals surface area (Å²) in [5.74, 6) is 1.17. The number of nitriles is 1. The number of methoxy groups -OCH3 is 1. The fourth-order valence-electron chi connectivity index (χ4n) is 6.37. The van der Waals surface area contributed by atoms with Crippen molar-refractivity contribution in [1.82, 2.24) is 4.57 Å². The Kier molecular flexibility index (Phi) is 7.07. The first kappa shape index (κ1) is 27.3. The van der Waals surface area contributed by atoms with Crippen LogP contribution in [0.3, 0.4) is 0 Å². The third-order valence-corrected chi connectivity index (χ3v) is 8.48. The lowest BCUT2D eigenvalue weighted by molar-refractivity contribution is -0.141. The highest BCUT2D eigenvalue weighted by atomic mass is 16.5. The lowest BCUT2D eigenvalue weighted by atomic mass is 9.85. The summed E-state index contributed by atoms with van der Waals surface area (Å²) in [6, 6.07) is 19.9. The van der Waals surface area contributed by atoms with Gasteiger partial charge in [-0.15, -0.1) is 0 Å². The van der Waals surface area contributed by atoms with Gasteiger partial charge in [0.2, 0.25) is 0 Å². The van der Waals surface area contributed by atoms with E-state index in [1.54, 1.807) is 23.9 Å². The number of carbonyl (C=O) groups excluding carboxylic acids is 1. The molecule has 42 heavy (non-hydrogen) atoms. The van der Waals surface area contributed by atoms with Crippen molar-refractivity contribution < 1.29 is 19.0 Å². The summed E-state index contributed by atoms with van der Waals surface area (Å²) >= 11 is 0. The molecule has 1 aliphatic carbocycles. The van der Waals surface area contributed by atoms with E-state index >= 15 is 0 Å².